The summed E-state index contributed by atoms with van der Waals surface area (Å²) in [5, 5.41) is -0.278. The van der Waals surface area contributed by atoms with Crippen molar-refractivity contribution in [1.29, 1.82) is 0 Å². The molecule has 1 heterocycles. The quantitative estimate of drug-likeness (QED) is 0.387. The Balaban J connectivity index is 2.12. The number of anilines is 1. The van der Waals surface area contributed by atoms with Crippen molar-refractivity contribution in [3.8, 4) is 11.1 Å². The summed E-state index contributed by atoms with van der Waals surface area (Å²) in [5.41, 5.74) is -3.73. The first-order valence-electron chi connectivity index (χ1n) is 8.76. The number of carbonyl (C=O) groups excluding carboxylic acids is 1. The molecule has 1 aromatic heterocycles. The van der Waals surface area contributed by atoms with Crippen molar-refractivity contribution in [2.45, 2.75) is 12.4 Å². The number of carbonyl (C=O) groups is 1. The van der Waals surface area contributed by atoms with Gasteiger partial charge < -0.3 is 4.90 Å². The van der Waals surface area contributed by atoms with E-state index in [0.29, 0.717) is 12.1 Å². The third-order valence-corrected chi connectivity index (χ3v) is 4.93. The van der Waals surface area contributed by atoms with Crippen LogP contribution in [0.3, 0.4) is 0 Å². The fourth-order valence-corrected chi connectivity index (χ4v) is 3.20. The summed E-state index contributed by atoms with van der Waals surface area (Å²) in [6.45, 7) is 0. The topological polar surface area (TPSA) is 33.2 Å². The number of amides is 1. The summed E-state index contributed by atoms with van der Waals surface area (Å²) in [7, 11) is 1.14. The molecule has 0 saturated carbocycles. The second-order valence-electron chi connectivity index (χ2n) is 6.65. The van der Waals surface area contributed by atoms with Crippen molar-refractivity contribution in [1.82, 2.24) is 4.98 Å². The predicted octanol–water partition coefficient (Wildman–Crippen LogP) is 6.86. The van der Waals surface area contributed by atoms with Gasteiger partial charge in [-0.3, -0.25) is 9.78 Å². The Bertz CT molecular complexity index is 1140. The molecule has 0 bridgehead atoms. The summed E-state index contributed by atoms with van der Waals surface area (Å²) in [6.07, 6.45) is -7.75. The molecule has 3 nitrogen and oxygen atoms in total. The molecule has 0 unspecified atom stereocenters. The van der Waals surface area contributed by atoms with Gasteiger partial charge in [-0.25, -0.2) is 4.39 Å². The molecule has 3 rings (SSSR count). The van der Waals surface area contributed by atoms with E-state index in [0.717, 1.165) is 24.2 Å². The Morgan fingerprint density at radius 3 is 2.09 bits per heavy atom. The Morgan fingerprint density at radius 2 is 1.53 bits per heavy atom. The molecule has 0 saturated heterocycles. The van der Waals surface area contributed by atoms with Crippen LogP contribution in [0, 0.1) is 5.82 Å². The first-order chi connectivity index (χ1) is 14.8. The molecule has 0 aliphatic heterocycles. The number of benzene rings is 2. The van der Waals surface area contributed by atoms with Crippen molar-refractivity contribution < 1.29 is 35.5 Å². The van der Waals surface area contributed by atoms with Gasteiger partial charge in [-0.2, -0.15) is 26.3 Å². The minimum Gasteiger partial charge on any atom is -0.309 e. The van der Waals surface area contributed by atoms with Gasteiger partial charge in [0.1, 0.15) is 5.82 Å². The van der Waals surface area contributed by atoms with E-state index in [9.17, 15) is 35.5 Å². The van der Waals surface area contributed by atoms with Crippen molar-refractivity contribution in [2.75, 3.05) is 11.9 Å². The van der Waals surface area contributed by atoms with Gasteiger partial charge in [-0.1, -0.05) is 23.7 Å². The molecule has 0 radical (unpaired) electrons. The van der Waals surface area contributed by atoms with Crippen LogP contribution in [0.1, 0.15) is 21.5 Å². The van der Waals surface area contributed by atoms with Crippen LogP contribution in [0.2, 0.25) is 5.02 Å². The summed E-state index contributed by atoms with van der Waals surface area (Å²) >= 11 is 5.99. The minimum absolute atomic E-state index is 0.00373. The van der Waals surface area contributed by atoms with E-state index in [1.165, 1.54) is 24.4 Å². The largest absolute Gasteiger partial charge is 0.416 e. The summed E-state index contributed by atoms with van der Waals surface area (Å²) in [6, 6.07) is 5.87. The number of halogens is 8. The lowest BCUT2D eigenvalue weighted by atomic mass is 10.0. The zero-order valence-corrected chi connectivity index (χ0v) is 16.8. The molecule has 0 atom stereocenters. The molecule has 3 aromatic rings. The average Bonchev–Trinajstić information content (AvgIpc) is 2.73. The summed E-state index contributed by atoms with van der Waals surface area (Å²) in [5.74, 6) is -1.92. The molecule has 0 spiro atoms. The van der Waals surface area contributed by atoms with Crippen LogP contribution >= 0.6 is 11.6 Å². The van der Waals surface area contributed by atoms with Crippen LogP contribution in [-0.4, -0.2) is 17.9 Å². The second-order valence-corrected chi connectivity index (χ2v) is 7.03. The molecule has 2 aromatic carbocycles. The lowest BCUT2D eigenvalue weighted by Crippen LogP contribution is -2.28. The van der Waals surface area contributed by atoms with Crippen molar-refractivity contribution in [3.05, 3.63) is 82.4 Å². The van der Waals surface area contributed by atoms with Crippen LogP contribution in [0.5, 0.6) is 0 Å². The average molecular weight is 477 g/mol. The third kappa shape index (κ3) is 4.69. The van der Waals surface area contributed by atoms with E-state index >= 15 is 0 Å². The van der Waals surface area contributed by atoms with Gasteiger partial charge in [0.15, 0.2) is 0 Å². The molecule has 11 heteroatoms. The van der Waals surface area contributed by atoms with E-state index in [4.69, 9.17) is 11.6 Å². The highest BCUT2D eigenvalue weighted by Crippen LogP contribution is 2.38. The highest BCUT2D eigenvalue weighted by atomic mass is 35.5. The molecule has 1 amide bonds. The predicted molar refractivity (Wildman–Crippen MR) is 104 cm³/mol. The smallest absolute Gasteiger partial charge is 0.309 e. The van der Waals surface area contributed by atoms with Crippen LogP contribution in [0.15, 0.2) is 54.9 Å². The second kappa shape index (κ2) is 8.42. The number of pyridine rings is 1. The number of hydrogen-bond acceptors (Lipinski definition) is 2. The van der Waals surface area contributed by atoms with Gasteiger partial charge >= 0.3 is 12.4 Å². The van der Waals surface area contributed by atoms with Gasteiger partial charge in [0.25, 0.3) is 5.91 Å². The first kappa shape index (κ1) is 23.5. The lowest BCUT2D eigenvalue weighted by Gasteiger charge is -2.22. The zero-order chi connectivity index (χ0) is 23.8. The van der Waals surface area contributed by atoms with E-state index in [1.807, 2.05) is 0 Å². The van der Waals surface area contributed by atoms with Gasteiger partial charge in [-0.15, -0.1) is 0 Å². The maximum absolute atomic E-state index is 13.9. The Hall–Kier alpha value is -3.14. The van der Waals surface area contributed by atoms with Gasteiger partial charge in [0.2, 0.25) is 0 Å². The summed E-state index contributed by atoms with van der Waals surface area (Å²) < 4.78 is 92.7. The number of alkyl halides is 6. The Labute approximate surface area is 182 Å². The highest BCUT2D eigenvalue weighted by Gasteiger charge is 2.38. The minimum atomic E-state index is -5.11. The maximum atomic E-state index is 13.9. The number of hydrogen-bond donors (Lipinski definition) is 0. The molecular formula is C21H12ClF7N2O. The van der Waals surface area contributed by atoms with Gasteiger partial charge in [0.05, 0.1) is 28.0 Å². The van der Waals surface area contributed by atoms with Crippen LogP contribution in [0.4, 0.5) is 36.4 Å². The number of rotatable bonds is 3. The fraction of sp³-hybridized carbons (Fsp3) is 0.143. The molecule has 32 heavy (non-hydrogen) atoms. The van der Waals surface area contributed by atoms with E-state index in [-0.39, 0.29) is 27.9 Å². The molecule has 0 aliphatic rings. The van der Waals surface area contributed by atoms with Crippen molar-refractivity contribution in [3.63, 3.8) is 0 Å². The van der Waals surface area contributed by atoms with Crippen LogP contribution < -0.4 is 4.90 Å². The molecule has 0 fully saturated rings. The first-order valence-corrected chi connectivity index (χ1v) is 9.14. The van der Waals surface area contributed by atoms with E-state index in [2.05, 4.69) is 4.98 Å². The van der Waals surface area contributed by atoms with Crippen LogP contribution in [0.25, 0.3) is 11.1 Å². The highest BCUT2D eigenvalue weighted by molar-refractivity contribution is 6.33. The number of aromatic nitrogens is 1. The Morgan fingerprint density at radius 1 is 0.938 bits per heavy atom. The zero-order valence-electron chi connectivity index (χ0n) is 16.0. The fourth-order valence-electron chi connectivity index (χ4n) is 2.97. The molecule has 0 aliphatic carbocycles. The SMILES string of the molecule is CN(C(=O)c1cc(C(F)(F)F)cc(C(F)(F)F)c1)c1cnccc1-c1cccc(F)c1Cl. The van der Waals surface area contributed by atoms with Crippen molar-refractivity contribution in [2.24, 2.45) is 0 Å². The Kier molecular flexibility index (Phi) is 6.19. The van der Waals surface area contributed by atoms with Crippen molar-refractivity contribution >= 4 is 23.2 Å². The summed E-state index contributed by atoms with van der Waals surface area (Å²) in [4.78, 5) is 17.6. The third-order valence-electron chi connectivity index (χ3n) is 4.54. The molecule has 0 N–H and O–H groups in total. The van der Waals surface area contributed by atoms with Gasteiger partial charge in [-0.05, 0) is 30.3 Å². The monoisotopic (exact) mass is 476 g/mol. The molecule has 168 valence electrons. The normalized spacial score (nSPS) is 12.0. The standard InChI is InChI=1S/C21H12ClF7N2O/c1-31(17-10-30-6-5-14(17)15-3-2-4-16(23)18(15)22)19(32)11-7-12(20(24,25)26)9-13(8-11)21(27,28)29/h2-10H,1H3. The molecular weight excluding hydrogens is 465 g/mol. The van der Waals surface area contributed by atoms with Gasteiger partial charge in [0, 0.05) is 29.9 Å². The number of nitrogens with zero attached hydrogens (tertiary/aromatic N) is 2. The van der Waals surface area contributed by atoms with E-state index < -0.39 is 40.8 Å². The van der Waals surface area contributed by atoms with E-state index in [1.54, 1.807) is 0 Å². The maximum Gasteiger partial charge on any atom is 0.416 e. The van der Waals surface area contributed by atoms with Crippen LogP contribution in [-0.2, 0) is 12.4 Å². The lowest BCUT2D eigenvalue weighted by molar-refractivity contribution is -0.143.